The van der Waals surface area contributed by atoms with Crippen molar-refractivity contribution in [2.45, 2.75) is 25.7 Å². The molecule has 0 aromatic rings. The number of carbonyl (C=O) groups is 1. The van der Waals surface area contributed by atoms with Gasteiger partial charge in [-0.15, -0.1) is 0 Å². The number of amides is 1. The van der Waals surface area contributed by atoms with Gasteiger partial charge in [-0.05, 0) is 12.8 Å². The van der Waals surface area contributed by atoms with E-state index in [-0.39, 0.29) is 33.5 Å². The normalized spacial score (nSPS) is 19.1. The van der Waals surface area contributed by atoms with Gasteiger partial charge in [-0.1, -0.05) is 12.8 Å². The predicted octanol–water partition coefficient (Wildman–Crippen LogP) is 1.75. The second-order valence-corrected chi connectivity index (χ2v) is 2.35. The van der Waals surface area contributed by atoms with Crippen molar-refractivity contribution in [3.05, 3.63) is 5.73 Å². The number of rotatable bonds is 1. The third-order valence-electron chi connectivity index (χ3n) is 1.73. The molecule has 0 spiro atoms. The van der Waals surface area contributed by atoms with E-state index in [0.717, 1.165) is 25.7 Å². The molecule has 1 N–H and O–H groups in total. The molecule has 0 aromatic heterocycles. The third-order valence-corrected chi connectivity index (χ3v) is 1.73. The Kier molecular flexibility index (Phi) is 4.16. The van der Waals surface area contributed by atoms with Crippen molar-refractivity contribution in [3.8, 4) is 0 Å². The molecule has 0 aromatic carbocycles. The Hall–Kier alpha value is 0.184. The zero-order chi connectivity index (χ0) is 5.98. The van der Waals surface area contributed by atoms with Gasteiger partial charge in [0.05, 0.1) is 5.91 Å². The van der Waals surface area contributed by atoms with E-state index < -0.39 is 0 Å². The standard InChI is InChI=1S/C6H11NO.Ti/c7-6(8)5-3-1-2-4-5;/h5H,1-4H2,(H2,7,8);/p-1. The monoisotopic (exact) mass is 160 g/mol. The smallest absolute Gasteiger partial charge is 0.0519 e. The third kappa shape index (κ3) is 2.50. The Labute approximate surface area is 70.1 Å². The molecule has 0 bridgehead atoms. The summed E-state index contributed by atoms with van der Waals surface area (Å²) in [7, 11) is 0. The summed E-state index contributed by atoms with van der Waals surface area (Å²) >= 11 is 0. The van der Waals surface area contributed by atoms with E-state index in [2.05, 4.69) is 0 Å². The fraction of sp³-hybridized carbons (Fsp3) is 0.833. The van der Waals surface area contributed by atoms with Crippen LogP contribution < -0.4 is 0 Å². The average molecular weight is 160 g/mol. The first-order valence-corrected chi connectivity index (χ1v) is 3.06. The van der Waals surface area contributed by atoms with E-state index in [9.17, 15) is 4.79 Å². The van der Waals surface area contributed by atoms with Crippen LogP contribution in [0.3, 0.4) is 0 Å². The zero-order valence-electron chi connectivity index (χ0n) is 5.31. The van der Waals surface area contributed by atoms with E-state index in [1.807, 2.05) is 0 Å². The molecular weight excluding hydrogens is 150 g/mol. The minimum absolute atomic E-state index is 0. The Bertz CT molecular complexity index is 99.2. The summed E-state index contributed by atoms with van der Waals surface area (Å²) in [5.74, 6) is -0.266. The van der Waals surface area contributed by atoms with Gasteiger partial charge >= 0.3 is 0 Å². The maximum atomic E-state index is 10.3. The molecule has 50 valence electrons. The topological polar surface area (TPSA) is 40.9 Å². The SMILES string of the molecule is [NH-]C(=O)C1CCCC1.[Ti]. The number of nitrogens with one attached hydrogen (secondary N) is 1. The first-order chi connectivity index (χ1) is 3.80. The number of hydrogen-bond donors (Lipinski definition) is 0. The summed E-state index contributed by atoms with van der Waals surface area (Å²) in [5, 5.41) is 0. The molecule has 1 saturated carbocycles. The average Bonchev–Trinajstić information content (AvgIpc) is 2.12. The summed E-state index contributed by atoms with van der Waals surface area (Å²) in [6, 6.07) is 0. The minimum Gasteiger partial charge on any atom is -0.668 e. The van der Waals surface area contributed by atoms with Crippen LogP contribution >= 0.6 is 0 Å². The van der Waals surface area contributed by atoms with Gasteiger partial charge in [-0.2, -0.15) is 0 Å². The van der Waals surface area contributed by atoms with Crippen LogP contribution in [0.2, 0.25) is 0 Å². The van der Waals surface area contributed by atoms with Crippen LogP contribution in [-0.2, 0) is 26.5 Å². The van der Waals surface area contributed by atoms with Crippen molar-refractivity contribution in [1.82, 2.24) is 0 Å². The molecule has 0 aliphatic heterocycles. The van der Waals surface area contributed by atoms with Crippen LogP contribution in [0.15, 0.2) is 0 Å². The summed E-state index contributed by atoms with van der Waals surface area (Å²) < 4.78 is 0. The maximum absolute atomic E-state index is 10.3. The van der Waals surface area contributed by atoms with Crippen LogP contribution in [0.4, 0.5) is 0 Å². The van der Waals surface area contributed by atoms with Gasteiger partial charge in [-0.3, -0.25) is 0 Å². The van der Waals surface area contributed by atoms with Gasteiger partial charge in [0.1, 0.15) is 0 Å². The van der Waals surface area contributed by atoms with Crippen LogP contribution in [0, 0.1) is 5.92 Å². The molecule has 0 unspecified atom stereocenters. The van der Waals surface area contributed by atoms with Gasteiger partial charge in [0.25, 0.3) is 0 Å². The fourth-order valence-electron chi connectivity index (χ4n) is 1.19. The number of hydrogen-bond acceptors (Lipinski definition) is 1. The Morgan fingerprint density at radius 2 is 1.78 bits per heavy atom. The van der Waals surface area contributed by atoms with Crippen molar-refractivity contribution in [2.75, 3.05) is 0 Å². The van der Waals surface area contributed by atoms with E-state index >= 15 is 0 Å². The fourth-order valence-corrected chi connectivity index (χ4v) is 1.19. The van der Waals surface area contributed by atoms with E-state index in [1.165, 1.54) is 0 Å². The molecule has 1 amide bonds. The Morgan fingerprint density at radius 1 is 1.33 bits per heavy atom. The van der Waals surface area contributed by atoms with E-state index in [4.69, 9.17) is 5.73 Å². The summed E-state index contributed by atoms with van der Waals surface area (Å²) in [4.78, 5) is 10.3. The molecule has 0 radical (unpaired) electrons. The number of carbonyl (C=O) groups excluding carboxylic acids is 1. The van der Waals surface area contributed by atoms with Crippen molar-refractivity contribution >= 4 is 5.91 Å². The second-order valence-electron chi connectivity index (χ2n) is 2.35. The van der Waals surface area contributed by atoms with Gasteiger partial charge in [0.15, 0.2) is 0 Å². The van der Waals surface area contributed by atoms with Gasteiger partial charge in [0.2, 0.25) is 0 Å². The minimum atomic E-state index is -0.359. The molecule has 0 atom stereocenters. The van der Waals surface area contributed by atoms with Crippen molar-refractivity contribution in [1.29, 1.82) is 0 Å². The molecule has 0 heterocycles. The predicted molar refractivity (Wildman–Crippen MR) is 31.3 cm³/mol. The Balaban J connectivity index is 0.000000640. The van der Waals surface area contributed by atoms with Crippen LogP contribution in [-0.4, -0.2) is 5.91 Å². The van der Waals surface area contributed by atoms with Crippen LogP contribution in [0.5, 0.6) is 0 Å². The van der Waals surface area contributed by atoms with Crippen molar-refractivity contribution in [2.24, 2.45) is 5.92 Å². The van der Waals surface area contributed by atoms with Crippen molar-refractivity contribution in [3.63, 3.8) is 0 Å². The van der Waals surface area contributed by atoms with Gasteiger partial charge in [0, 0.05) is 27.6 Å². The largest absolute Gasteiger partial charge is 0.668 e. The molecule has 0 saturated heterocycles. The molecular formula is C6H10NOTi-. The van der Waals surface area contributed by atoms with Gasteiger partial charge in [-0.25, -0.2) is 0 Å². The Morgan fingerprint density at radius 3 is 2.00 bits per heavy atom. The summed E-state index contributed by atoms with van der Waals surface area (Å²) in [6.07, 6.45) is 4.22. The molecule has 1 fully saturated rings. The van der Waals surface area contributed by atoms with Crippen molar-refractivity contribution < 1.29 is 26.5 Å². The summed E-state index contributed by atoms with van der Waals surface area (Å²) in [6.45, 7) is 0. The van der Waals surface area contributed by atoms with E-state index in [0.29, 0.717) is 0 Å². The summed E-state index contributed by atoms with van der Waals surface area (Å²) in [5.41, 5.74) is 6.74. The molecule has 3 heteroatoms. The van der Waals surface area contributed by atoms with Crippen LogP contribution in [0.25, 0.3) is 5.73 Å². The molecule has 1 aliphatic carbocycles. The molecule has 1 rings (SSSR count). The zero-order valence-corrected chi connectivity index (χ0v) is 6.88. The second kappa shape index (κ2) is 4.07. The van der Waals surface area contributed by atoms with Crippen LogP contribution in [0.1, 0.15) is 25.7 Å². The van der Waals surface area contributed by atoms with Gasteiger partial charge < -0.3 is 10.5 Å². The first kappa shape index (κ1) is 9.18. The quantitative estimate of drug-likeness (QED) is 0.538. The molecule has 9 heavy (non-hydrogen) atoms. The first-order valence-electron chi connectivity index (χ1n) is 3.06. The van der Waals surface area contributed by atoms with E-state index in [1.54, 1.807) is 0 Å². The maximum Gasteiger partial charge on any atom is 0.0519 e. The molecule has 2 nitrogen and oxygen atoms in total. The molecule has 1 aliphatic rings.